The Morgan fingerprint density at radius 2 is 2.05 bits per heavy atom. The largest absolute Gasteiger partial charge is 0.433 e. The Balaban J connectivity index is 2.22. The van der Waals surface area contributed by atoms with Gasteiger partial charge in [0, 0.05) is 19.2 Å². The molecule has 0 saturated carbocycles. The molecule has 108 valence electrons. The van der Waals surface area contributed by atoms with Crippen molar-refractivity contribution in [3.63, 3.8) is 0 Å². The molecule has 0 fully saturated rings. The summed E-state index contributed by atoms with van der Waals surface area (Å²) in [4.78, 5) is 10.1. The second-order valence-corrected chi connectivity index (χ2v) is 4.07. The molecule has 0 aromatic heterocycles. The van der Waals surface area contributed by atoms with Gasteiger partial charge in [-0.15, -0.1) is 0 Å². The Bertz CT molecular complexity index is 559. The van der Waals surface area contributed by atoms with Gasteiger partial charge in [0.2, 0.25) is 11.6 Å². The second-order valence-electron chi connectivity index (χ2n) is 4.07. The van der Waals surface area contributed by atoms with E-state index in [1.54, 1.807) is 0 Å². The van der Waals surface area contributed by atoms with E-state index in [1.165, 1.54) is 31.3 Å². The number of hydrazine groups is 1. The minimum atomic E-state index is -4.46. The highest BCUT2D eigenvalue weighted by molar-refractivity contribution is 5.46. The number of alkyl halides is 3. The number of hydrogen-bond donors (Lipinski definition) is 1. The highest BCUT2D eigenvalue weighted by Gasteiger charge is 2.45. The van der Waals surface area contributed by atoms with E-state index in [0.717, 1.165) is 11.1 Å². The molecule has 1 unspecified atom stereocenters. The number of para-hydroxylation sites is 2. The predicted octanol–water partition coefficient (Wildman–Crippen LogP) is 2.20. The molecule has 0 spiro atoms. The minimum absolute atomic E-state index is 0.132. The Kier molecular flexibility index (Phi) is 3.53. The molecule has 0 saturated heterocycles. The lowest BCUT2D eigenvalue weighted by atomic mass is 10.3. The zero-order chi connectivity index (χ0) is 14.9. The van der Waals surface area contributed by atoms with Gasteiger partial charge in [0.25, 0.3) is 0 Å². The smallest absolute Gasteiger partial charge is 0.409 e. The number of benzene rings is 1. The molecular formula is C11H10F3N3O3. The van der Waals surface area contributed by atoms with Gasteiger partial charge in [0.15, 0.2) is 0 Å². The van der Waals surface area contributed by atoms with Crippen LogP contribution in [0.3, 0.4) is 0 Å². The van der Waals surface area contributed by atoms with Crippen LogP contribution in [-0.2, 0) is 0 Å². The molecule has 1 aliphatic rings. The lowest BCUT2D eigenvalue weighted by Crippen LogP contribution is -2.43. The lowest BCUT2D eigenvalue weighted by molar-refractivity contribution is -0.385. The van der Waals surface area contributed by atoms with E-state index in [-0.39, 0.29) is 17.3 Å². The van der Waals surface area contributed by atoms with Crippen LogP contribution in [0.2, 0.25) is 0 Å². The number of hydrogen-bond acceptors (Lipinski definition) is 5. The number of ether oxygens (including phenoxy) is 1. The summed E-state index contributed by atoms with van der Waals surface area (Å²) in [7, 11) is 1.20. The second kappa shape index (κ2) is 5.00. The van der Waals surface area contributed by atoms with E-state index >= 15 is 0 Å². The number of nitro benzene ring substituents is 1. The zero-order valence-corrected chi connectivity index (χ0v) is 10.2. The van der Waals surface area contributed by atoms with Gasteiger partial charge < -0.3 is 4.74 Å². The van der Waals surface area contributed by atoms with Crippen molar-refractivity contribution in [2.45, 2.75) is 12.2 Å². The summed E-state index contributed by atoms with van der Waals surface area (Å²) in [6.07, 6.45) is -3.65. The van der Waals surface area contributed by atoms with Gasteiger partial charge in [-0.3, -0.25) is 15.5 Å². The summed E-state index contributed by atoms with van der Waals surface area (Å²) >= 11 is 0. The van der Waals surface area contributed by atoms with Crippen molar-refractivity contribution in [1.29, 1.82) is 0 Å². The fourth-order valence-corrected chi connectivity index (χ4v) is 1.72. The van der Waals surface area contributed by atoms with Gasteiger partial charge in [0.05, 0.1) is 4.92 Å². The molecule has 1 aromatic carbocycles. The van der Waals surface area contributed by atoms with Crippen molar-refractivity contribution in [2.75, 3.05) is 7.05 Å². The maximum Gasteiger partial charge on any atom is 0.409 e. The average Bonchev–Trinajstić information content (AvgIpc) is 2.70. The minimum Gasteiger partial charge on any atom is -0.433 e. The summed E-state index contributed by atoms with van der Waals surface area (Å²) in [5, 5.41) is 11.6. The Morgan fingerprint density at radius 3 is 2.60 bits per heavy atom. The van der Waals surface area contributed by atoms with Gasteiger partial charge in [-0.05, 0) is 6.07 Å². The first-order valence-corrected chi connectivity index (χ1v) is 5.48. The van der Waals surface area contributed by atoms with E-state index in [9.17, 15) is 23.3 Å². The Hall–Kier alpha value is -2.29. The zero-order valence-electron chi connectivity index (χ0n) is 10.2. The van der Waals surface area contributed by atoms with E-state index < -0.39 is 17.1 Å². The SMILES string of the molecule is CN1NC(Oc2ccccc2[N+](=O)[O-])=CC1C(F)(F)F. The van der Waals surface area contributed by atoms with Gasteiger partial charge >= 0.3 is 11.9 Å². The topological polar surface area (TPSA) is 67.6 Å². The first-order valence-electron chi connectivity index (χ1n) is 5.48. The average molecular weight is 289 g/mol. The van der Waals surface area contributed by atoms with Crippen molar-refractivity contribution >= 4 is 5.69 Å². The first-order chi connectivity index (χ1) is 9.29. The number of nitrogens with one attached hydrogen (secondary N) is 1. The van der Waals surface area contributed by atoms with Crippen LogP contribution >= 0.6 is 0 Å². The molecule has 6 nitrogen and oxygen atoms in total. The highest BCUT2D eigenvalue weighted by atomic mass is 19.4. The third-order valence-corrected chi connectivity index (χ3v) is 2.63. The van der Waals surface area contributed by atoms with Crippen molar-refractivity contribution in [1.82, 2.24) is 10.4 Å². The molecule has 9 heteroatoms. The number of halogens is 3. The molecule has 0 aliphatic carbocycles. The maximum absolute atomic E-state index is 12.6. The van der Waals surface area contributed by atoms with Crippen molar-refractivity contribution in [2.24, 2.45) is 0 Å². The highest BCUT2D eigenvalue weighted by Crippen LogP contribution is 2.31. The fourth-order valence-electron chi connectivity index (χ4n) is 1.72. The normalized spacial score (nSPS) is 19.4. The molecule has 0 bridgehead atoms. The number of nitrogens with zero attached hydrogens (tertiary/aromatic N) is 2. The third kappa shape index (κ3) is 2.82. The quantitative estimate of drug-likeness (QED) is 0.682. The molecule has 20 heavy (non-hydrogen) atoms. The molecule has 0 radical (unpaired) electrons. The van der Waals surface area contributed by atoms with Crippen LogP contribution in [0.15, 0.2) is 36.2 Å². The monoisotopic (exact) mass is 289 g/mol. The standard InChI is InChI=1S/C11H10F3N3O3/c1-16-9(11(12,13)14)6-10(15-16)20-8-5-3-2-4-7(8)17(18)19/h2-6,9,15H,1H3. The number of nitro groups is 1. The van der Waals surface area contributed by atoms with E-state index in [4.69, 9.17) is 4.74 Å². The summed E-state index contributed by atoms with van der Waals surface area (Å²) < 4.78 is 43.1. The molecule has 1 atom stereocenters. The summed E-state index contributed by atoms with van der Waals surface area (Å²) in [5.41, 5.74) is 2.03. The first kappa shape index (κ1) is 14.1. The van der Waals surface area contributed by atoms with Crippen LogP contribution < -0.4 is 10.2 Å². The number of rotatable bonds is 3. The number of likely N-dealkylation sites (N-methyl/N-ethyl adjacent to an activating group) is 1. The van der Waals surface area contributed by atoms with Crippen molar-refractivity contribution < 1.29 is 22.8 Å². The fraction of sp³-hybridized carbons (Fsp3) is 0.273. The molecular weight excluding hydrogens is 279 g/mol. The van der Waals surface area contributed by atoms with Crippen LogP contribution in [0.1, 0.15) is 0 Å². The van der Waals surface area contributed by atoms with Crippen LogP contribution in [0.4, 0.5) is 18.9 Å². The Morgan fingerprint density at radius 1 is 1.40 bits per heavy atom. The van der Waals surface area contributed by atoms with Crippen LogP contribution in [0.25, 0.3) is 0 Å². The van der Waals surface area contributed by atoms with Crippen LogP contribution in [0, 0.1) is 10.1 Å². The Labute approximate surface area is 111 Å². The van der Waals surface area contributed by atoms with Gasteiger partial charge in [0.1, 0.15) is 6.04 Å². The van der Waals surface area contributed by atoms with Gasteiger partial charge in [-0.25, -0.2) is 5.01 Å². The molecule has 1 heterocycles. The molecule has 1 aromatic rings. The maximum atomic E-state index is 12.6. The van der Waals surface area contributed by atoms with Crippen molar-refractivity contribution in [3.05, 3.63) is 46.3 Å². The van der Waals surface area contributed by atoms with Gasteiger partial charge in [-0.2, -0.15) is 13.2 Å². The third-order valence-electron chi connectivity index (χ3n) is 2.63. The van der Waals surface area contributed by atoms with Crippen LogP contribution in [-0.4, -0.2) is 29.2 Å². The molecule has 1 N–H and O–H groups in total. The summed E-state index contributed by atoms with van der Waals surface area (Å²) in [6.45, 7) is 0. The van der Waals surface area contributed by atoms with Crippen LogP contribution in [0.5, 0.6) is 5.75 Å². The predicted molar refractivity (Wildman–Crippen MR) is 62.5 cm³/mol. The van der Waals surface area contributed by atoms with E-state index in [0.29, 0.717) is 0 Å². The molecule has 2 rings (SSSR count). The molecule has 0 amide bonds. The van der Waals surface area contributed by atoms with Crippen molar-refractivity contribution in [3.8, 4) is 5.75 Å². The lowest BCUT2D eigenvalue weighted by Gasteiger charge is -2.21. The summed E-state index contributed by atoms with van der Waals surface area (Å²) in [5.74, 6) is -0.336. The van der Waals surface area contributed by atoms with Gasteiger partial charge in [-0.1, -0.05) is 12.1 Å². The van der Waals surface area contributed by atoms with E-state index in [2.05, 4.69) is 5.43 Å². The van der Waals surface area contributed by atoms with E-state index in [1.807, 2.05) is 0 Å². The molecule has 1 aliphatic heterocycles. The summed E-state index contributed by atoms with van der Waals surface area (Å²) in [6, 6.07) is 3.59.